The maximum absolute atomic E-state index is 13.4. The van der Waals surface area contributed by atoms with Crippen molar-refractivity contribution in [3.8, 4) is 11.5 Å². The molecule has 2 aromatic carbocycles. The summed E-state index contributed by atoms with van der Waals surface area (Å²) in [6.07, 6.45) is 0. The Kier molecular flexibility index (Phi) is 5.39. The average Bonchev–Trinajstić information content (AvgIpc) is 2.53. The Morgan fingerprint density at radius 3 is 2.45 bits per heavy atom. The van der Waals surface area contributed by atoms with E-state index in [0.717, 1.165) is 16.9 Å². The SMILES string of the molecule is COc1cccc(CN(C)[C@@H](C)c2cccc(F)c2)c1OC. The molecule has 1 atom stereocenters. The molecule has 0 aliphatic carbocycles. The first-order valence-electron chi connectivity index (χ1n) is 7.22. The highest BCUT2D eigenvalue weighted by molar-refractivity contribution is 5.46. The van der Waals surface area contributed by atoms with E-state index in [-0.39, 0.29) is 11.9 Å². The maximum Gasteiger partial charge on any atom is 0.165 e. The Morgan fingerprint density at radius 1 is 1.09 bits per heavy atom. The Hall–Kier alpha value is -2.07. The lowest BCUT2D eigenvalue weighted by molar-refractivity contribution is 0.247. The molecule has 0 aliphatic heterocycles. The standard InChI is InChI=1S/C18H22FNO2/c1-13(14-7-5-9-16(19)11-14)20(2)12-15-8-6-10-17(21-3)18(15)22-4/h5-11,13H,12H2,1-4H3/t13-/m0/s1. The van der Waals surface area contributed by atoms with Crippen molar-refractivity contribution in [1.29, 1.82) is 0 Å². The largest absolute Gasteiger partial charge is 0.493 e. The van der Waals surface area contributed by atoms with Crippen LogP contribution in [0.2, 0.25) is 0 Å². The molecule has 0 unspecified atom stereocenters. The summed E-state index contributed by atoms with van der Waals surface area (Å²) in [6.45, 7) is 2.74. The first-order chi connectivity index (χ1) is 10.6. The molecule has 0 amide bonds. The highest BCUT2D eigenvalue weighted by Gasteiger charge is 2.16. The van der Waals surface area contributed by atoms with Crippen LogP contribution >= 0.6 is 0 Å². The van der Waals surface area contributed by atoms with E-state index >= 15 is 0 Å². The van der Waals surface area contributed by atoms with Crippen LogP contribution in [0.25, 0.3) is 0 Å². The lowest BCUT2D eigenvalue weighted by atomic mass is 10.1. The van der Waals surface area contributed by atoms with E-state index in [0.29, 0.717) is 12.3 Å². The van der Waals surface area contributed by atoms with Gasteiger partial charge in [0.25, 0.3) is 0 Å². The fraction of sp³-hybridized carbons (Fsp3) is 0.333. The summed E-state index contributed by atoms with van der Waals surface area (Å²) in [5.41, 5.74) is 1.98. The number of ether oxygens (including phenoxy) is 2. The van der Waals surface area contributed by atoms with Crippen molar-refractivity contribution in [2.24, 2.45) is 0 Å². The normalized spacial score (nSPS) is 12.3. The molecule has 22 heavy (non-hydrogen) atoms. The predicted octanol–water partition coefficient (Wildman–Crippen LogP) is 4.04. The third-order valence-electron chi connectivity index (χ3n) is 3.90. The second-order valence-corrected chi connectivity index (χ2v) is 5.30. The molecule has 2 aromatic rings. The first-order valence-corrected chi connectivity index (χ1v) is 7.22. The van der Waals surface area contributed by atoms with Crippen LogP contribution in [-0.4, -0.2) is 26.2 Å². The molecule has 0 fully saturated rings. The zero-order valence-corrected chi connectivity index (χ0v) is 13.5. The van der Waals surface area contributed by atoms with Gasteiger partial charge < -0.3 is 9.47 Å². The molecule has 0 saturated heterocycles. The number of halogens is 1. The molecule has 0 saturated carbocycles. The quantitative estimate of drug-likeness (QED) is 0.804. The van der Waals surface area contributed by atoms with Crippen molar-refractivity contribution in [3.05, 3.63) is 59.4 Å². The van der Waals surface area contributed by atoms with Gasteiger partial charge in [0.2, 0.25) is 0 Å². The number of rotatable bonds is 6. The first kappa shape index (κ1) is 16.3. The van der Waals surface area contributed by atoms with Gasteiger partial charge in [-0.2, -0.15) is 0 Å². The summed E-state index contributed by atoms with van der Waals surface area (Å²) in [4.78, 5) is 2.14. The monoisotopic (exact) mass is 303 g/mol. The molecule has 118 valence electrons. The number of hydrogen-bond donors (Lipinski definition) is 0. The van der Waals surface area contributed by atoms with Crippen molar-refractivity contribution in [2.75, 3.05) is 21.3 Å². The van der Waals surface area contributed by atoms with Crippen molar-refractivity contribution in [2.45, 2.75) is 19.5 Å². The zero-order valence-electron chi connectivity index (χ0n) is 13.5. The van der Waals surface area contributed by atoms with Crippen LogP contribution in [0.1, 0.15) is 24.1 Å². The summed E-state index contributed by atoms with van der Waals surface area (Å²) >= 11 is 0. The second-order valence-electron chi connectivity index (χ2n) is 5.30. The summed E-state index contributed by atoms with van der Waals surface area (Å²) in [5.74, 6) is 1.24. The highest BCUT2D eigenvalue weighted by atomic mass is 19.1. The Morgan fingerprint density at radius 2 is 1.82 bits per heavy atom. The van der Waals surface area contributed by atoms with Gasteiger partial charge in [-0.05, 0) is 37.7 Å². The van der Waals surface area contributed by atoms with E-state index in [1.807, 2.05) is 31.3 Å². The summed E-state index contributed by atoms with van der Waals surface area (Å²) in [5, 5.41) is 0. The molecular formula is C18H22FNO2. The van der Waals surface area contributed by atoms with E-state index in [2.05, 4.69) is 11.8 Å². The topological polar surface area (TPSA) is 21.7 Å². The van der Waals surface area contributed by atoms with Gasteiger partial charge in [-0.3, -0.25) is 4.90 Å². The predicted molar refractivity (Wildman–Crippen MR) is 85.8 cm³/mol. The Balaban J connectivity index is 2.20. The van der Waals surface area contributed by atoms with Gasteiger partial charge in [0.15, 0.2) is 11.5 Å². The fourth-order valence-electron chi connectivity index (χ4n) is 2.50. The highest BCUT2D eigenvalue weighted by Crippen LogP contribution is 2.32. The number of benzene rings is 2. The number of methoxy groups -OCH3 is 2. The Labute approximate surface area is 131 Å². The minimum atomic E-state index is -0.211. The molecule has 0 radical (unpaired) electrons. The molecule has 0 aromatic heterocycles. The number of hydrogen-bond acceptors (Lipinski definition) is 3. The van der Waals surface area contributed by atoms with Crippen LogP contribution < -0.4 is 9.47 Å². The summed E-state index contributed by atoms with van der Waals surface area (Å²) < 4.78 is 24.2. The van der Waals surface area contributed by atoms with E-state index in [9.17, 15) is 4.39 Å². The van der Waals surface area contributed by atoms with Gasteiger partial charge in [0.05, 0.1) is 14.2 Å². The van der Waals surface area contributed by atoms with E-state index in [1.54, 1.807) is 26.4 Å². The van der Waals surface area contributed by atoms with Crippen LogP contribution in [0.5, 0.6) is 11.5 Å². The van der Waals surface area contributed by atoms with Crippen LogP contribution in [-0.2, 0) is 6.54 Å². The van der Waals surface area contributed by atoms with Crippen LogP contribution in [0.4, 0.5) is 4.39 Å². The molecule has 0 spiro atoms. The number of nitrogens with zero attached hydrogens (tertiary/aromatic N) is 1. The third kappa shape index (κ3) is 3.57. The van der Waals surface area contributed by atoms with Gasteiger partial charge >= 0.3 is 0 Å². The van der Waals surface area contributed by atoms with Crippen molar-refractivity contribution in [3.63, 3.8) is 0 Å². The van der Waals surface area contributed by atoms with Gasteiger partial charge in [0.1, 0.15) is 5.82 Å². The maximum atomic E-state index is 13.4. The lowest BCUT2D eigenvalue weighted by Gasteiger charge is -2.26. The zero-order chi connectivity index (χ0) is 16.1. The Bertz CT molecular complexity index is 630. The van der Waals surface area contributed by atoms with Crippen LogP contribution in [0.3, 0.4) is 0 Å². The molecular weight excluding hydrogens is 281 g/mol. The van der Waals surface area contributed by atoms with Gasteiger partial charge in [-0.1, -0.05) is 24.3 Å². The third-order valence-corrected chi connectivity index (χ3v) is 3.90. The van der Waals surface area contributed by atoms with E-state index < -0.39 is 0 Å². The van der Waals surface area contributed by atoms with Crippen molar-refractivity contribution in [1.82, 2.24) is 4.90 Å². The van der Waals surface area contributed by atoms with Crippen LogP contribution in [0, 0.1) is 5.82 Å². The van der Waals surface area contributed by atoms with Crippen LogP contribution in [0.15, 0.2) is 42.5 Å². The molecule has 0 heterocycles. The van der Waals surface area contributed by atoms with Crippen molar-refractivity contribution < 1.29 is 13.9 Å². The van der Waals surface area contributed by atoms with Gasteiger partial charge in [-0.15, -0.1) is 0 Å². The molecule has 0 aliphatic rings. The number of para-hydroxylation sites is 1. The summed E-state index contributed by atoms with van der Waals surface area (Å²) in [6, 6.07) is 12.6. The minimum Gasteiger partial charge on any atom is -0.493 e. The average molecular weight is 303 g/mol. The molecule has 4 heteroatoms. The molecule has 2 rings (SSSR count). The smallest absolute Gasteiger partial charge is 0.165 e. The molecule has 0 bridgehead atoms. The fourth-order valence-corrected chi connectivity index (χ4v) is 2.50. The van der Waals surface area contributed by atoms with E-state index in [4.69, 9.17) is 9.47 Å². The lowest BCUT2D eigenvalue weighted by Crippen LogP contribution is -2.22. The molecule has 0 N–H and O–H groups in total. The molecule has 3 nitrogen and oxygen atoms in total. The summed E-state index contributed by atoms with van der Waals surface area (Å²) in [7, 11) is 5.27. The minimum absolute atomic E-state index is 0.0895. The van der Waals surface area contributed by atoms with Gasteiger partial charge in [0, 0.05) is 18.2 Å². The second kappa shape index (κ2) is 7.27. The van der Waals surface area contributed by atoms with Crippen molar-refractivity contribution >= 4 is 0 Å². The van der Waals surface area contributed by atoms with Gasteiger partial charge in [-0.25, -0.2) is 4.39 Å². The van der Waals surface area contributed by atoms with E-state index in [1.165, 1.54) is 6.07 Å².